The quantitative estimate of drug-likeness (QED) is 0.898. The van der Waals surface area contributed by atoms with Crippen molar-refractivity contribution in [1.82, 2.24) is 14.9 Å². The first-order valence-corrected chi connectivity index (χ1v) is 9.25. The number of nitrogens with one attached hydrogen (secondary N) is 1. The Hall–Kier alpha value is -2.14. The lowest BCUT2D eigenvalue weighted by molar-refractivity contribution is 0.270. The van der Waals surface area contributed by atoms with Crippen molar-refractivity contribution in [3.05, 3.63) is 41.7 Å². The molecular weight excluding hydrogens is 310 g/mol. The second-order valence-electron chi connectivity index (χ2n) is 6.98. The molecule has 0 unspecified atom stereocenters. The maximum absolute atomic E-state index is 4.64. The monoisotopic (exact) mass is 339 g/mol. The molecule has 5 nitrogen and oxygen atoms in total. The van der Waals surface area contributed by atoms with E-state index in [0.717, 1.165) is 55.9 Å². The average molecular weight is 339 g/mol. The predicted octanol–water partition coefficient (Wildman–Crippen LogP) is 3.79. The van der Waals surface area contributed by atoms with Crippen LogP contribution in [0.15, 0.2) is 30.3 Å². The highest BCUT2D eigenvalue weighted by Crippen LogP contribution is 2.22. The Labute approximate surface area is 151 Å². The van der Waals surface area contributed by atoms with Gasteiger partial charge in [-0.15, -0.1) is 0 Å². The fourth-order valence-electron chi connectivity index (χ4n) is 3.17. The van der Waals surface area contributed by atoms with Crippen molar-refractivity contribution in [1.29, 1.82) is 0 Å². The van der Waals surface area contributed by atoms with Crippen molar-refractivity contribution >= 4 is 17.3 Å². The summed E-state index contributed by atoms with van der Waals surface area (Å²) in [6, 6.07) is 10.6. The maximum Gasteiger partial charge on any atom is 0.136 e. The summed E-state index contributed by atoms with van der Waals surface area (Å²) >= 11 is 0. The normalized spacial score (nSPS) is 15.6. The minimum atomic E-state index is 0.545. The zero-order chi connectivity index (χ0) is 17.8. The molecule has 1 aliphatic heterocycles. The van der Waals surface area contributed by atoms with Gasteiger partial charge in [0.05, 0.1) is 0 Å². The first kappa shape index (κ1) is 17.7. The van der Waals surface area contributed by atoms with Gasteiger partial charge >= 0.3 is 0 Å². The van der Waals surface area contributed by atoms with Crippen molar-refractivity contribution in [3.8, 4) is 0 Å². The van der Waals surface area contributed by atoms with Crippen LogP contribution in [0, 0.1) is 6.92 Å². The molecule has 2 heterocycles. The van der Waals surface area contributed by atoms with E-state index < -0.39 is 0 Å². The predicted molar refractivity (Wildman–Crippen MR) is 105 cm³/mol. The SMILES string of the molecule is CCN1CCN(c2cc(Nc3ccc(C(C)C)cc3)nc(C)n2)CC1. The van der Waals surface area contributed by atoms with Crippen LogP contribution in [0.25, 0.3) is 0 Å². The minimum Gasteiger partial charge on any atom is -0.354 e. The molecule has 0 bridgehead atoms. The minimum absolute atomic E-state index is 0.545. The van der Waals surface area contributed by atoms with E-state index in [4.69, 9.17) is 0 Å². The summed E-state index contributed by atoms with van der Waals surface area (Å²) in [5.74, 6) is 3.22. The lowest BCUT2D eigenvalue weighted by Gasteiger charge is -2.34. The van der Waals surface area contributed by atoms with Crippen molar-refractivity contribution in [2.24, 2.45) is 0 Å². The number of hydrogen-bond acceptors (Lipinski definition) is 5. The molecule has 0 amide bonds. The Morgan fingerprint density at radius 1 is 1.04 bits per heavy atom. The fraction of sp³-hybridized carbons (Fsp3) is 0.500. The smallest absolute Gasteiger partial charge is 0.136 e. The van der Waals surface area contributed by atoms with E-state index in [2.05, 4.69) is 76.2 Å². The summed E-state index contributed by atoms with van der Waals surface area (Å²) in [6.45, 7) is 13.9. The Morgan fingerprint density at radius 2 is 1.72 bits per heavy atom. The Morgan fingerprint density at radius 3 is 2.32 bits per heavy atom. The van der Waals surface area contributed by atoms with Crippen molar-refractivity contribution < 1.29 is 0 Å². The van der Waals surface area contributed by atoms with Crippen molar-refractivity contribution in [3.63, 3.8) is 0 Å². The van der Waals surface area contributed by atoms with Gasteiger partial charge in [-0.1, -0.05) is 32.9 Å². The third kappa shape index (κ3) is 4.48. The molecule has 0 spiro atoms. The summed E-state index contributed by atoms with van der Waals surface area (Å²) in [7, 11) is 0. The summed E-state index contributed by atoms with van der Waals surface area (Å²) in [5, 5.41) is 3.42. The maximum atomic E-state index is 4.64. The Kier molecular flexibility index (Phi) is 5.53. The zero-order valence-corrected chi connectivity index (χ0v) is 15.8. The molecule has 5 heteroatoms. The van der Waals surface area contributed by atoms with E-state index in [1.807, 2.05) is 6.92 Å². The van der Waals surface area contributed by atoms with Gasteiger partial charge < -0.3 is 15.1 Å². The molecule has 1 N–H and O–H groups in total. The second-order valence-corrected chi connectivity index (χ2v) is 6.98. The topological polar surface area (TPSA) is 44.3 Å². The molecule has 1 aliphatic rings. The molecule has 1 fully saturated rings. The van der Waals surface area contributed by atoms with Gasteiger partial charge in [-0.25, -0.2) is 9.97 Å². The number of rotatable bonds is 5. The third-order valence-corrected chi connectivity index (χ3v) is 4.82. The number of hydrogen-bond donors (Lipinski definition) is 1. The lowest BCUT2D eigenvalue weighted by Crippen LogP contribution is -2.46. The van der Waals surface area contributed by atoms with Gasteiger partial charge in [-0.3, -0.25) is 0 Å². The van der Waals surface area contributed by atoms with Crippen LogP contribution >= 0.6 is 0 Å². The van der Waals surface area contributed by atoms with E-state index in [1.54, 1.807) is 0 Å². The lowest BCUT2D eigenvalue weighted by atomic mass is 10.0. The number of likely N-dealkylation sites (N-methyl/N-ethyl adjacent to an activating group) is 1. The van der Waals surface area contributed by atoms with Crippen LogP contribution in [0.5, 0.6) is 0 Å². The van der Waals surface area contributed by atoms with E-state index in [9.17, 15) is 0 Å². The molecular formula is C20H29N5. The number of piperazine rings is 1. The van der Waals surface area contributed by atoms with E-state index >= 15 is 0 Å². The van der Waals surface area contributed by atoms with Gasteiger partial charge in [-0.05, 0) is 37.1 Å². The molecule has 1 aromatic carbocycles. The number of nitrogens with zero attached hydrogens (tertiary/aromatic N) is 4. The molecule has 0 radical (unpaired) electrons. The summed E-state index contributed by atoms with van der Waals surface area (Å²) < 4.78 is 0. The standard InChI is InChI=1S/C20H29N5/c1-5-24-10-12-25(13-11-24)20-14-19(21-16(4)22-20)23-18-8-6-17(7-9-18)15(2)3/h6-9,14-15H,5,10-13H2,1-4H3,(H,21,22,23). The first-order chi connectivity index (χ1) is 12.0. The number of aromatic nitrogens is 2. The van der Waals surface area contributed by atoms with Crippen LogP contribution in [-0.4, -0.2) is 47.6 Å². The van der Waals surface area contributed by atoms with Crippen LogP contribution in [0.3, 0.4) is 0 Å². The van der Waals surface area contributed by atoms with E-state index in [1.165, 1.54) is 5.56 Å². The number of benzene rings is 1. The highest BCUT2D eigenvalue weighted by atomic mass is 15.3. The van der Waals surface area contributed by atoms with Crippen LogP contribution in [0.2, 0.25) is 0 Å². The van der Waals surface area contributed by atoms with Crippen LogP contribution in [0.4, 0.5) is 17.3 Å². The molecule has 0 saturated carbocycles. The molecule has 25 heavy (non-hydrogen) atoms. The molecule has 134 valence electrons. The van der Waals surface area contributed by atoms with Gasteiger partial charge in [0.25, 0.3) is 0 Å². The number of aryl methyl sites for hydroxylation is 1. The van der Waals surface area contributed by atoms with Crippen LogP contribution in [-0.2, 0) is 0 Å². The van der Waals surface area contributed by atoms with Crippen molar-refractivity contribution in [2.45, 2.75) is 33.6 Å². The fourth-order valence-corrected chi connectivity index (χ4v) is 3.17. The van der Waals surface area contributed by atoms with Gasteiger partial charge in [0.1, 0.15) is 17.5 Å². The Balaban J connectivity index is 1.73. The summed E-state index contributed by atoms with van der Waals surface area (Å²) in [6.07, 6.45) is 0. The molecule has 2 aromatic rings. The molecule has 1 aromatic heterocycles. The van der Waals surface area contributed by atoms with E-state index in [-0.39, 0.29) is 0 Å². The number of anilines is 3. The van der Waals surface area contributed by atoms with Gasteiger partial charge in [0.15, 0.2) is 0 Å². The van der Waals surface area contributed by atoms with Crippen LogP contribution < -0.4 is 10.2 Å². The van der Waals surface area contributed by atoms with Gasteiger partial charge in [0.2, 0.25) is 0 Å². The van der Waals surface area contributed by atoms with E-state index in [0.29, 0.717) is 5.92 Å². The zero-order valence-electron chi connectivity index (χ0n) is 15.8. The molecule has 0 aliphatic carbocycles. The summed E-state index contributed by atoms with van der Waals surface area (Å²) in [4.78, 5) is 14.0. The third-order valence-electron chi connectivity index (χ3n) is 4.82. The first-order valence-electron chi connectivity index (χ1n) is 9.25. The highest BCUT2D eigenvalue weighted by molar-refractivity contribution is 5.60. The molecule has 3 rings (SSSR count). The molecule has 1 saturated heterocycles. The van der Waals surface area contributed by atoms with Gasteiger partial charge in [-0.2, -0.15) is 0 Å². The highest BCUT2D eigenvalue weighted by Gasteiger charge is 2.17. The summed E-state index contributed by atoms with van der Waals surface area (Å²) in [5.41, 5.74) is 2.41. The second kappa shape index (κ2) is 7.83. The van der Waals surface area contributed by atoms with Gasteiger partial charge in [0, 0.05) is 37.9 Å². The largest absolute Gasteiger partial charge is 0.354 e. The van der Waals surface area contributed by atoms with Crippen molar-refractivity contribution in [2.75, 3.05) is 42.9 Å². The Bertz CT molecular complexity index is 688. The van der Waals surface area contributed by atoms with Crippen LogP contribution in [0.1, 0.15) is 38.1 Å². The molecule has 0 atom stereocenters. The average Bonchev–Trinajstić information content (AvgIpc) is 2.62.